The summed E-state index contributed by atoms with van der Waals surface area (Å²) in [6.07, 6.45) is 0.867. The van der Waals surface area contributed by atoms with Crippen LogP contribution >= 0.6 is 0 Å². The van der Waals surface area contributed by atoms with Crippen molar-refractivity contribution in [2.24, 2.45) is 11.1 Å². The smallest absolute Gasteiger partial charge is 0.165 e. The van der Waals surface area contributed by atoms with Gasteiger partial charge in [0.25, 0.3) is 0 Å². The molecule has 3 nitrogen and oxygen atoms in total. The van der Waals surface area contributed by atoms with Gasteiger partial charge in [-0.3, -0.25) is 4.79 Å². The van der Waals surface area contributed by atoms with Crippen LogP contribution < -0.4 is 5.73 Å². The average Bonchev–Trinajstić information content (AvgIpc) is 2.12. The second kappa shape index (κ2) is 5.35. The predicted molar refractivity (Wildman–Crippen MR) is 53.5 cm³/mol. The minimum atomic E-state index is -0.408. The third kappa shape index (κ3) is 3.87. The first-order valence-corrected chi connectivity index (χ1v) is 4.81. The van der Waals surface area contributed by atoms with E-state index in [9.17, 15) is 4.79 Å². The van der Waals surface area contributed by atoms with Crippen molar-refractivity contribution in [3.05, 3.63) is 0 Å². The molecule has 0 saturated carbocycles. The Morgan fingerprint density at radius 1 is 1.54 bits per heavy atom. The summed E-state index contributed by atoms with van der Waals surface area (Å²) < 4.78 is 5.25. The molecule has 0 aliphatic heterocycles. The third-order valence-corrected chi connectivity index (χ3v) is 2.45. The Balaban J connectivity index is 4.07. The highest BCUT2D eigenvalue weighted by Crippen LogP contribution is 2.20. The largest absolute Gasteiger partial charge is 0.371 e. The molecular weight excluding hydrogens is 166 g/mol. The van der Waals surface area contributed by atoms with Gasteiger partial charge in [0.1, 0.15) is 6.61 Å². The van der Waals surface area contributed by atoms with Crippen LogP contribution in [0.25, 0.3) is 0 Å². The van der Waals surface area contributed by atoms with Crippen molar-refractivity contribution in [3.63, 3.8) is 0 Å². The van der Waals surface area contributed by atoms with Crippen molar-refractivity contribution in [2.75, 3.05) is 13.2 Å². The van der Waals surface area contributed by atoms with Gasteiger partial charge in [-0.1, -0.05) is 13.8 Å². The Morgan fingerprint density at radius 2 is 2.08 bits per heavy atom. The first-order chi connectivity index (χ1) is 5.96. The quantitative estimate of drug-likeness (QED) is 0.683. The molecule has 0 amide bonds. The first kappa shape index (κ1) is 12.6. The third-order valence-electron chi connectivity index (χ3n) is 2.45. The van der Waals surface area contributed by atoms with Crippen molar-refractivity contribution in [1.29, 1.82) is 0 Å². The molecule has 0 spiro atoms. The highest BCUT2D eigenvalue weighted by atomic mass is 16.5. The number of nitrogens with two attached hydrogens (primary N) is 1. The molecule has 3 heteroatoms. The summed E-state index contributed by atoms with van der Waals surface area (Å²) in [4.78, 5) is 11.6. The maximum absolute atomic E-state index is 11.6. The molecule has 1 unspecified atom stereocenters. The van der Waals surface area contributed by atoms with Crippen LogP contribution in [0, 0.1) is 5.41 Å². The number of ether oxygens (including phenoxy) is 1. The summed E-state index contributed by atoms with van der Waals surface area (Å²) in [5, 5.41) is 0. The van der Waals surface area contributed by atoms with E-state index in [-0.39, 0.29) is 18.5 Å². The molecule has 13 heavy (non-hydrogen) atoms. The molecule has 2 N–H and O–H groups in total. The van der Waals surface area contributed by atoms with Crippen molar-refractivity contribution >= 4 is 5.78 Å². The van der Waals surface area contributed by atoms with Crippen LogP contribution in [0.2, 0.25) is 0 Å². The lowest BCUT2D eigenvalue weighted by molar-refractivity contribution is -0.133. The number of carbonyl (C=O) groups is 1. The molecule has 0 saturated heterocycles. The normalized spacial score (nSPS) is 15.8. The zero-order valence-electron chi connectivity index (χ0n) is 9.09. The van der Waals surface area contributed by atoms with Crippen LogP contribution in [0.15, 0.2) is 0 Å². The monoisotopic (exact) mass is 187 g/mol. The van der Waals surface area contributed by atoms with Crippen LogP contribution in [0.4, 0.5) is 0 Å². The highest BCUT2D eigenvalue weighted by Gasteiger charge is 2.29. The maximum Gasteiger partial charge on any atom is 0.165 e. The van der Waals surface area contributed by atoms with Gasteiger partial charge in [0.15, 0.2) is 5.78 Å². The zero-order chi connectivity index (χ0) is 10.5. The van der Waals surface area contributed by atoms with Gasteiger partial charge in [-0.25, -0.2) is 0 Å². The van der Waals surface area contributed by atoms with Gasteiger partial charge >= 0.3 is 0 Å². The van der Waals surface area contributed by atoms with E-state index in [0.717, 1.165) is 6.42 Å². The van der Waals surface area contributed by atoms with Gasteiger partial charge in [-0.2, -0.15) is 0 Å². The Hall–Kier alpha value is -0.410. The maximum atomic E-state index is 11.6. The van der Waals surface area contributed by atoms with Crippen LogP contribution in [-0.4, -0.2) is 25.0 Å². The van der Waals surface area contributed by atoms with Crippen molar-refractivity contribution in [3.8, 4) is 0 Å². The first-order valence-electron chi connectivity index (χ1n) is 4.81. The van der Waals surface area contributed by atoms with E-state index in [2.05, 4.69) is 0 Å². The Bertz CT molecular complexity index is 162. The molecule has 0 radical (unpaired) electrons. The fraction of sp³-hybridized carbons (Fsp3) is 0.900. The van der Waals surface area contributed by atoms with E-state index in [4.69, 9.17) is 10.5 Å². The van der Waals surface area contributed by atoms with Crippen LogP contribution in [0.5, 0.6) is 0 Å². The van der Waals surface area contributed by atoms with Gasteiger partial charge in [0, 0.05) is 12.0 Å². The summed E-state index contributed by atoms with van der Waals surface area (Å²) in [5.74, 6) is 0.103. The molecule has 0 aromatic heterocycles. The summed E-state index contributed by atoms with van der Waals surface area (Å²) in [6, 6.07) is 0. The Kier molecular flexibility index (Phi) is 5.18. The SMILES string of the molecule is CCC(C)(CN)C(=O)COC(C)C. The Labute approximate surface area is 80.6 Å². The number of hydrogen-bond acceptors (Lipinski definition) is 3. The molecule has 0 aromatic rings. The molecule has 0 rings (SSSR count). The van der Waals surface area contributed by atoms with E-state index >= 15 is 0 Å². The van der Waals surface area contributed by atoms with Crippen LogP contribution in [0.1, 0.15) is 34.1 Å². The molecule has 0 bridgehead atoms. The zero-order valence-corrected chi connectivity index (χ0v) is 9.09. The molecule has 0 fully saturated rings. The number of Topliss-reactive ketones (excluding diaryl/α,β-unsaturated/α-hetero) is 1. The number of carbonyl (C=O) groups excluding carboxylic acids is 1. The fourth-order valence-electron chi connectivity index (χ4n) is 0.872. The van der Waals surface area contributed by atoms with E-state index in [1.54, 1.807) is 0 Å². The predicted octanol–water partition coefficient (Wildman–Crippen LogP) is 1.36. The van der Waals surface area contributed by atoms with Gasteiger partial charge < -0.3 is 10.5 Å². The minimum absolute atomic E-state index is 0.0998. The van der Waals surface area contributed by atoms with Gasteiger partial charge in [-0.05, 0) is 20.3 Å². The second-order valence-corrected chi connectivity index (χ2v) is 3.90. The molecular formula is C10H21NO2. The number of hydrogen-bond donors (Lipinski definition) is 1. The summed E-state index contributed by atoms with van der Waals surface area (Å²) in [7, 11) is 0. The molecule has 0 aliphatic carbocycles. The van der Waals surface area contributed by atoms with Crippen molar-refractivity contribution in [1.82, 2.24) is 0 Å². The van der Waals surface area contributed by atoms with Crippen LogP contribution in [0.3, 0.4) is 0 Å². The van der Waals surface area contributed by atoms with E-state index in [1.165, 1.54) is 0 Å². The topological polar surface area (TPSA) is 52.3 Å². The van der Waals surface area contributed by atoms with Crippen molar-refractivity contribution in [2.45, 2.75) is 40.2 Å². The fourth-order valence-corrected chi connectivity index (χ4v) is 0.872. The summed E-state index contributed by atoms with van der Waals surface area (Å²) in [5.41, 5.74) is 5.14. The van der Waals surface area contributed by atoms with E-state index < -0.39 is 5.41 Å². The lowest BCUT2D eigenvalue weighted by Crippen LogP contribution is -2.38. The molecule has 1 atom stereocenters. The van der Waals surface area contributed by atoms with Gasteiger partial charge in [0.2, 0.25) is 0 Å². The lowest BCUT2D eigenvalue weighted by Gasteiger charge is -2.24. The van der Waals surface area contributed by atoms with E-state index in [0.29, 0.717) is 6.54 Å². The average molecular weight is 187 g/mol. The Morgan fingerprint density at radius 3 is 2.38 bits per heavy atom. The highest BCUT2D eigenvalue weighted by molar-refractivity contribution is 5.85. The molecule has 0 aromatic carbocycles. The van der Waals surface area contributed by atoms with Crippen LogP contribution in [-0.2, 0) is 9.53 Å². The number of rotatable bonds is 6. The molecule has 78 valence electrons. The molecule has 0 heterocycles. The lowest BCUT2D eigenvalue weighted by atomic mass is 9.83. The summed E-state index contributed by atoms with van der Waals surface area (Å²) >= 11 is 0. The standard InChI is InChI=1S/C10H21NO2/c1-5-10(4,7-11)9(12)6-13-8(2)3/h8H,5-7,11H2,1-4H3. The van der Waals surface area contributed by atoms with E-state index in [1.807, 2.05) is 27.7 Å². The minimum Gasteiger partial charge on any atom is -0.371 e. The number of ketones is 1. The van der Waals surface area contributed by atoms with Crippen molar-refractivity contribution < 1.29 is 9.53 Å². The summed E-state index contributed by atoms with van der Waals surface area (Å²) in [6.45, 7) is 8.26. The van der Waals surface area contributed by atoms with Gasteiger partial charge in [0.05, 0.1) is 6.10 Å². The second-order valence-electron chi connectivity index (χ2n) is 3.90. The molecule has 0 aliphatic rings. The van der Waals surface area contributed by atoms with Gasteiger partial charge in [-0.15, -0.1) is 0 Å².